The number of aromatic nitrogens is 3. The van der Waals surface area contributed by atoms with Crippen LogP contribution in [0.5, 0.6) is 0 Å². The molecular weight excluding hydrogens is 242 g/mol. The van der Waals surface area contributed by atoms with Gasteiger partial charge in [-0.05, 0) is 24.8 Å². The third-order valence-electron chi connectivity index (χ3n) is 3.33. The maximum Gasteiger partial charge on any atom is 0.378 e. The van der Waals surface area contributed by atoms with Gasteiger partial charge in [0.15, 0.2) is 0 Å². The van der Waals surface area contributed by atoms with Crippen LogP contribution in [0.4, 0.5) is 0 Å². The zero-order chi connectivity index (χ0) is 13.2. The molecule has 98 valence electrons. The molecule has 0 saturated heterocycles. The fraction of sp³-hybridized carbons (Fsp3) is 0.357. The molecule has 1 aliphatic carbocycles. The minimum Gasteiger partial charge on any atom is -0.460 e. The van der Waals surface area contributed by atoms with Crippen LogP contribution in [-0.4, -0.2) is 27.8 Å². The molecule has 2 aromatic rings. The van der Waals surface area contributed by atoms with Crippen LogP contribution in [0.3, 0.4) is 0 Å². The fourth-order valence-corrected chi connectivity index (χ4v) is 2.29. The lowest BCUT2D eigenvalue weighted by atomic mass is 10.1. The van der Waals surface area contributed by atoms with Gasteiger partial charge in [0.05, 0.1) is 6.61 Å². The predicted molar refractivity (Wildman–Crippen MR) is 68.9 cm³/mol. The van der Waals surface area contributed by atoms with E-state index in [1.807, 2.05) is 18.2 Å². The summed E-state index contributed by atoms with van der Waals surface area (Å²) in [5.74, 6) is 1.23. The first-order valence-corrected chi connectivity index (χ1v) is 6.44. The molecule has 1 heterocycles. The highest BCUT2D eigenvalue weighted by atomic mass is 16.5. The molecule has 3 rings (SSSR count). The van der Waals surface area contributed by atoms with E-state index < -0.39 is 5.97 Å². The first-order valence-electron chi connectivity index (χ1n) is 6.44. The number of nitrogens with zero attached hydrogens (tertiary/aromatic N) is 2. The lowest BCUT2D eigenvalue weighted by molar-refractivity contribution is 0.0512. The molecule has 1 aromatic carbocycles. The number of carbonyl (C=O) groups excluding carboxylic acids is 1. The van der Waals surface area contributed by atoms with Crippen molar-refractivity contribution in [1.29, 1.82) is 0 Å². The first kappa shape index (κ1) is 11.9. The highest BCUT2D eigenvalue weighted by Gasteiger charge is 2.42. The minimum atomic E-state index is -0.470. The maximum atomic E-state index is 11.5. The average molecular weight is 257 g/mol. The van der Waals surface area contributed by atoms with E-state index in [9.17, 15) is 4.79 Å². The number of rotatable bonds is 4. The number of H-pyrrole nitrogens is 1. The van der Waals surface area contributed by atoms with Crippen LogP contribution in [-0.2, 0) is 4.74 Å². The Morgan fingerprint density at radius 2 is 2.16 bits per heavy atom. The third kappa shape index (κ3) is 2.36. The molecule has 1 aliphatic rings. The maximum absolute atomic E-state index is 11.5. The first-order chi connectivity index (χ1) is 9.29. The third-order valence-corrected chi connectivity index (χ3v) is 3.33. The molecule has 19 heavy (non-hydrogen) atoms. The lowest BCUT2D eigenvalue weighted by Crippen LogP contribution is -2.06. The van der Waals surface area contributed by atoms with E-state index in [1.54, 1.807) is 6.92 Å². The number of esters is 1. The zero-order valence-corrected chi connectivity index (χ0v) is 10.7. The summed E-state index contributed by atoms with van der Waals surface area (Å²) in [6, 6.07) is 10.3. The molecule has 1 aromatic heterocycles. The fourth-order valence-electron chi connectivity index (χ4n) is 2.29. The van der Waals surface area contributed by atoms with E-state index in [0.29, 0.717) is 18.4 Å². The van der Waals surface area contributed by atoms with Crippen molar-refractivity contribution in [3.05, 3.63) is 47.5 Å². The van der Waals surface area contributed by atoms with Crippen LogP contribution >= 0.6 is 0 Å². The monoisotopic (exact) mass is 257 g/mol. The predicted octanol–water partition coefficient (Wildman–Crippen LogP) is 2.25. The number of hydrogen-bond acceptors (Lipinski definition) is 4. The van der Waals surface area contributed by atoms with Crippen LogP contribution in [0.2, 0.25) is 0 Å². The van der Waals surface area contributed by atoms with E-state index in [0.717, 1.165) is 12.2 Å². The summed E-state index contributed by atoms with van der Waals surface area (Å²) in [5.41, 5.74) is 1.31. The number of benzene rings is 1. The molecule has 2 atom stereocenters. The summed E-state index contributed by atoms with van der Waals surface area (Å²) in [6.07, 6.45) is 1.04. The van der Waals surface area contributed by atoms with Gasteiger partial charge in [0.25, 0.3) is 5.82 Å². The smallest absolute Gasteiger partial charge is 0.378 e. The Balaban J connectivity index is 1.71. The second-order valence-electron chi connectivity index (χ2n) is 4.62. The highest BCUT2D eigenvalue weighted by Crippen LogP contribution is 2.53. The van der Waals surface area contributed by atoms with Crippen molar-refractivity contribution in [2.75, 3.05) is 6.61 Å². The molecule has 0 aliphatic heterocycles. The Kier molecular flexibility index (Phi) is 3.03. The molecular formula is C14H15N3O2. The summed E-state index contributed by atoms with van der Waals surface area (Å²) >= 11 is 0. The number of ether oxygens (including phenoxy) is 1. The van der Waals surface area contributed by atoms with Gasteiger partial charge in [0.1, 0.15) is 5.82 Å². The summed E-state index contributed by atoms with van der Waals surface area (Å²) < 4.78 is 4.87. The number of carbonyl (C=O) groups is 1. The van der Waals surface area contributed by atoms with Gasteiger partial charge in [-0.15, -0.1) is 5.10 Å². The van der Waals surface area contributed by atoms with Crippen LogP contribution in [0, 0.1) is 0 Å². The molecule has 1 fully saturated rings. The Hall–Kier alpha value is -2.17. The van der Waals surface area contributed by atoms with Crippen molar-refractivity contribution < 1.29 is 9.53 Å². The van der Waals surface area contributed by atoms with Gasteiger partial charge in [-0.3, -0.25) is 5.10 Å². The van der Waals surface area contributed by atoms with E-state index in [4.69, 9.17) is 4.74 Å². The Morgan fingerprint density at radius 3 is 2.89 bits per heavy atom. The summed E-state index contributed by atoms with van der Waals surface area (Å²) in [7, 11) is 0. The molecule has 0 amide bonds. The molecule has 1 saturated carbocycles. The van der Waals surface area contributed by atoms with Crippen molar-refractivity contribution in [1.82, 2.24) is 15.2 Å². The Labute approximate surface area is 111 Å². The number of aromatic amines is 1. The summed E-state index contributed by atoms with van der Waals surface area (Å²) in [6.45, 7) is 2.09. The number of hydrogen-bond donors (Lipinski definition) is 1. The standard InChI is InChI=1S/C14H15N3O2/c1-2-19-14(18)13-15-12(16-17-13)11-8-10(11)9-6-4-3-5-7-9/h3-7,10-11H,2,8H2,1H3,(H,15,16,17). The van der Waals surface area contributed by atoms with Gasteiger partial charge in [-0.2, -0.15) is 0 Å². The van der Waals surface area contributed by atoms with Crippen molar-refractivity contribution in [2.24, 2.45) is 0 Å². The second kappa shape index (κ2) is 4.84. The van der Waals surface area contributed by atoms with Gasteiger partial charge >= 0.3 is 5.97 Å². The summed E-state index contributed by atoms with van der Waals surface area (Å²) in [5, 5.41) is 6.76. The van der Waals surface area contributed by atoms with Crippen LogP contribution in [0.15, 0.2) is 30.3 Å². The van der Waals surface area contributed by atoms with Crippen molar-refractivity contribution in [3.8, 4) is 0 Å². The van der Waals surface area contributed by atoms with Gasteiger partial charge < -0.3 is 4.74 Å². The highest BCUT2D eigenvalue weighted by molar-refractivity contribution is 5.84. The van der Waals surface area contributed by atoms with Crippen LogP contribution in [0.1, 0.15) is 47.2 Å². The molecule has 5 nitrogen and oxygen atoms in total. The van der Waals surface area contributed by atoms with E-state index in [-0.39, 0.29) is 5.82 Å². The van der Waals surface area contributed by atoms with Crippen molar-refractivity contribution >= 4 is 5.97 Å². The van der Waals surface area contributed by atoms with Crippen molar-refractivity contribution in [3.63, 3.8) is 0 Å². The second-order valence-corrected chi connectivity index (χ2v) is 4.62. The SMILES string of the molecule is CCOC(=O)c1n[nH]c(C2CC2c2ccccc2)n1. The average Bonchev–Trinajstić information content (AvgIpc) is 3.09. The largest absolute Gasteiger partial charge is 0.460 e. The van der Waals surface area contributed by atoms with Gasteiger partial charge in [-0.1, -0.05) is 30.3 Å². The normalized spacial score (nSPS) is 21.1. The molecule has 0 bridgehead atoms. The quantitative estimate of drug-likeness (QED) is 0.853. The van der Waals surface area contributed by atoms with Crippen LogP contribution in [0.25, 0.3) is 0 Å². The van der Waals surface area contributed by atoms with Gasteiger partial charge in [-0.25, -0.2) is 9.78 Å². The van der Waals surface area contributed by atoms with E-state index in [2.05, 4.69) is 27.3 Å². The Morgan fingerprint density at radius 1 is 1.37 bits per heavy atom. The molecule has 2 unspecified atom stereocenters. The molecule has 0 spiro atoms. The van der Waals surface area contributed by atoms with Crippen molar-refractivity contribution in [2.45, 2.75) is 25.2 Å². The minimum absolute atomic E-state index is 0.121. The molecule has 0 radical (unpaired) electrons. The van der Waals surface area contributed by atoms with Gasteiger partial charge in [0.2, 0.25) is 0 Å². The number of nitrogens with one attached hydrogen (secondary N) is 1. The molecule has 5 heteroatoms. The Bertz CT molecular complexity index is 579. The topological polar surface area (TPSA) is 67.9 Å². The van der Waals surface area contributed by atoms with Gasteiger partial charge in [0, 0.05) is 5.92 Å². The lowest BCUT2D eigenvalue weighted by Gasteiger charge is -1.97. The summed E-state index contributed by atoms with van der Waals surface area (Å²) in [4.78, 5) is 15.7. The van der Waals surface area contributed by atoms with E-state index >= 15 is 0 Å². The van der Waals surface area contributed by atoms with Crippen LogP contribution < -0.4 is 0 Å². The van der Waals surface area contributed by atoms with E-state index in [1.165, 1.54) is 5.56 Å². The zero-order valence-electron chi connectivity index (χ0n) is 10.7. The molecule has 1 N–H and O–H groups in total.